The lowest BCUT2D eigenvalue weighted by molar-refractivity contribution is -0.384. The maximum absolute atomic E-state index is 12.7. The highest BCUT2D eigenvalue weighted by Gasteiger charge is 2.16. The number of halogens is 2. The summed E-state index contributed by atoms with van der Waals surface area (Å²) in [4.78, 5) is 23.6. The molecule has 0 bridgehead atoms. The number of amides is 1. The van der Waals surface area contributed by atoms with Crippen molar-refractivity contribution in [1.29, 1.82) is 0 Å². The number of anilines is 1. The largest absolute Gasteiger partial charge is 0.471 e. The summed E-state index contributed by atoms with van der Waals surface area (Å²) in [6.07, 6.45) is 1.57. The van der Waals surface area contributed by atoms with E-state index in [9.17, 15) is 14.9 Å². The van der Waals surface area contributed by atoms with Gasteiger partial charge in [0.2, 0.25) is 0 Å². The van der Waals surface area contributed by atoms with Gasteiger partial charge < -0.3 is 14.8 Å². The van der Waals surface area contributed by atoms with Gasteiger partial charge in [0.15, 0.2) is 12.4 Å². The number of benzene rings is 3. The smallest absolute Gasteiger partial charge is 0.276 e. The monoisotopic (exact) mass is 512 g/mol. The molecule has 0 atom stereocenters. The predicted octanol–water partition coefficient (Wildman–Crippen LogP) is 6.49. The van der Waals surface area contributed by atoms with Gasteiger partial charge in [0, 0.05) is 28.4 Å². The van der Waals surface area contributed by atoms with Gasteiger partial charge in [0.1, 0.15) is 17.2 Å². The number of hydrogen-bond donors (Lipinski definition) is 1. The Morgan fingerprint density at radius 3 is 2.60 bits per heavy atom. The van der Waals surface area contributed by atoms with Crippen molar-refractivity contribution in [3.63, 3.8) is 0 Å². The van der Waals surface area contributed by atoms with Gasteiger partial charge in [-0.25, -0.2) is 4.68 Å². The number of nitrogens with zero attached hydrogens (tertiary/aromatic N) is 3. The van der Waals surface area contributed by atoms with Crippen molar-refractivity contribution in [2.45, 2.75) is 13.7 Å². The van der Waals surface area contributed by atoms with Crippen molar-refractivity contribution >= 4 is 40.5 Å². The molecule has 4 aromatic rings. The zero-order valence-corrected chi connectivity index (χ0v) is 19.8. The highest BCUT2D eigenvalue weighted by molar-refractivity contribution is 6.31. The van der Waals surface area contributed by atoms with Crippen LogP contribution >= 0.6 is 23.2 Å². The number of carbonyl (C=O) groups excluding carboxylic acids is 1. The quantitative estimate of drug-likeness (QED) is 0.213. The molecule has 0 aliphatic carbocycles. The first-order valence-corrected chi connectivity index (χ1v) is 11.0. The molecular formula is C24H18Cl2N4O5. The van der Waals surface area contributed by atoms with Crippen molar-refractivity contribution < 1.29 is 19.2 Å². The van der Waals surface area contributed by atoms with Crippen molar-refractivity contribution in [3.05, 3.63) is 104 Å². The number of non-ortho nitro benzene ring substituents is 1. The molecule has 0 aliphatic rings. The Hall–Kier alpha value is -4.08. The predicted molar refractivity (Wildman–Crippen MR) is 132 cm³/mol. The molecule has 35 heavy (non-hydrogen) atoms. The van der Waals surface area contributed by atoms with Gasteiger partial charge in [0.25, 0.3) is 11.6 Å². The number of nitrogens with one attached hydrogen (secondary N) is 1. The molecule has 1 amide bonds. The van der Waals surface area contributed by atoms with Gasteiger partial charge in [0.05, 0.1) is 16.7 Å². The number of nitro benzene ring substituents is 1. The molecule has 9 nitrogen and oxygen atoms in total. The zero-order chi connectivity index (χ0) is 24.9. The summed E-state index contributed by atoms with van der Waals surface area (Å²) < 4.78 is 12.8. The molecule has 1 N–H and O–H groups in total. The van der Waals surface area contributed by atoms with Crippen LogP contribution in [0.25, 0.3) is 0 Å². The van der Waals surface area contributed by atoms with E-state index >= 15 is 0 Å². The summed E-state index contributed by atoms with van der Waals surface area (Å²) in [5, 5.41) is 19.3. The van der Waals surface area contributed by atoms with Crippen molar-refractivity contribution in [1.82, 2.24) is 9.78 Å². The number of nitro groups is 1. The number of aromatic nitrogens is 2. The van der Waals surface area contributed by atoms with Crippen LogP contribution in [0.2, 0.25) is 10.0 Å². The third-order valence-corrected chi connectivity index (χ3v) is 5.23. The van der Waals surface area contributed by atoms with Crippen LogP contribution in [-0.2, 0) is 6.73 Å². The fraction of sp³-hybridized carbons (Fsp3) is 0.0833. The van der Waals surface area contributed by atoms with E-state index in [-0.39, 0.29) is 29.5 Å². The highest BCUT2D eigenvalue weighted by Crippen LogP contribution is 2.32. The maximum atomic E-state index is 12.7. The Morgan fingerprint density at radius 1 is 1.06 bits per heavy atom. The van der Waals surface area contributed by atoms with Gasteiger partial charge >= 0.3 is 0 Å². The summed E-state index contributed by atoms with van der Waals surface area (Å²) >= 11 is 11.9. The highest BCUT2D eigenvalue weighted by atomic mass is 35.5. The molecule has 0 saturated heterocycles. The van der Waals surface area contributed by atoms with E-state index in [0.29, 0.717) is 21.5 Å². The first-order chi connectivity index (χ1) is 16.8. The lowest BCUT2D eigenvalue weighted by Crippen LogP contribution is -2.14. The van der Waals surface area contributed by atoms with Crippen LogP contribution in [0.15, 0.2) is 72.9 Å². The summed E-state index contributed by atoms with van der Waals surface area (Å²) in [5.74, 6) is 0.658. The standard InChI is InChI=1S/C24H18Cl2N4O5/c1-15-9-17(26)5-6-23(15)35-21-12-18(11-19(13-21)30(32)33)27-24(31)22-7-8-29(28-22)14-34-20-4-2-3-16(25)10-20/h2-13H,14H2,1H3,(H,27,31). The molecule has 11 heteroatoms. The van der Waals surface area contributed by atoms with Crippen LogP contribution < -0.4 is 14.8 Å². The maximum Gasteiger partial charge on any atom is 0.276 e. The average Bonchev–Trinajstić information content (AvgIpc) is 3.29. The molecule has 1 heterocycles. The molecule has 4 rings (SSSR count). The van der Waals surface area contributed by atoms with Gasteiger partial charge in [-0.1, -0.05) is 29.3 Å². The van der Waals surface area contributed by atoms with E-state index in [4.69, 9.17) is 32.7 Å². The first-order valence-electron chi connectivity index (χ1n) is 10.2. The lowest BCUT2D eigenvalue weighted by Gasteiger charge is -2.11. The number of hydrogen-bond acceptors (Lipinski definition) is 6. The third kappa shape index (κ3) is 6.28. The van der Waals surface area contributed by atoms with Crippen LogP contribution in [-0.4, -0.2) is 20.6 Å². The van der Waals surface area contributed by atoms with Crippen LogP contribution in [0.3, 0.4) is 0 Å². The van der Waals surface area contributed by atoms with E-state index in [1.807, 2.05) is 0 Å². The number of carbonyl (C=O) groups is 1. The Bertz CT molecular complexity index is 1410. The molecule has 0 spiro atoms. The number of ether oxygens (including phenoxy) is 2. The second-order valence-electron chi connectivity index (χ2n) is 7.41. The van der Waals surface area contributed by atoms with Gasteiger partial charge in [-0.3, -0.25) is 14.9 Å². The minimum Gasteiger partial charge on any atom is -0.471 e. The van der Waals surface area contributed by atoms with E-state index in [1.165, 1.54) is 28.9 Å². The number of rotatable bonds is 8. The first kappa shape index (κ1) is 24.1. The molecule has 0 radical (unpaired) electrons. The Labute approximate surface area is 210 Å². The topological polar surface area (TPSA) is 109 Å². The Morgan fingerprint density at radius 2 is 1.86 bits per heavy atom. The molecule has 0 aliphatic heterocycles. The SMILES string of the molecule is Cc1cc(Cl)ccc1Oc1cc(NC(=O)c2ccn(COc3cccc(Cl)c3)n2)cc([N+](=O)[O-])c1. The lowest BCUT2D eigenvalue weighted by atomic mass is 10.2. The minimum absolute atomic E-state index is 0.0584. The van der Waals surface area contributed by atoms with Crippen molar-refractivity contribution in [3.8, 4) is 17.2 Å². The molecular weight excluding hydrogens is 495 g/mol. The van der Waals surface area contributed by atoms with Gasteiger partial charge in [-0.05, 0) is 55.0 Å². The summed E-state index contributed by atoms with van der Waals surface area (Å²) in [5.41, 5.74) is 0.780. The Kier molecular flexibility index (Phi) is 7.19. The van der Waals surface area contributed by atoms with Gasteiger partial charge in [-0.2, -0.15) is 5.10 Å². The van der Waals surface area contributed by atoms with E-state index in [1.54, 1.807) is 55.6 Å². The molecule has 178 valence electrons. The summed E-state index contributed by atoms with van der Waals surface area (Å²) in [6.45, 7) is 1.86. The van der Waals surface area contributed by atoms with E-state index < -0.39 is 10.8 Å². The van der Waals surface area contributed by atoms with Crippen LogP contribution in [0, 0.1) is 17.0 Å². The zero-order valence-electron chi connectivity index (χ0n) is 18.3. The molecule has 0 saturated carbocycles. The van der Waals surface area contributed by atoms with Crippen molar-refractivity contribution in [2.24, 2.45) is 0 Å². The van der Waals surface area contributed by atoms with Gasteiger partial charge in [-0.15, -0.1) is 0 Å². The molecule has 3 aromatic carbocycles. The van der Waals surface area contributed by atoms with Crippen LogP contribution in [0.5, 0.6) is 17.2 Å². The average molecular weight is 513 g/mol. The number of aryl methyl sites for hydroxylation is 1. The summed E-state index contributed by atoms with van der Waals surface area (Å²) in [6, 6.07) is 17.4. The van der Waals surface area contributed by atoms with E-state index in [0.717, 1.165) is 5.56 Å². The van der Waals surface area contributed by atoms with E-state index in [2.05, 4.69) is 10.4 Å². The molecule has 0 unspecified atom stereocenters. The second-order valence-corrected chi connectivity index (χ2v) is 8.28. The normalized spacial score (nSPS) is 10.6. The molecule has 0 fully saturated rings. The summed E-state index contributed by atoms with van der Waals surface area (Å²) in [7, 11) is 0. The fourth-order valence-electron chi connectivity index (χ4n) is 3.12. The third-order valence-electron chi connectivity index (χ3n) is 4.76. The van der Waals surface area contributed by atoms with Crippen LogP contribution in [0.1, 0.15) is 16.1 Å². The second kappa shape index (κ2) is 10.5. The Balaban J connectivity index is 1.48. The van der Waals surface area contributed by atoms with Crippen molar-refractivity contribution in [2.75, 3.05) is 5.32 Å². The molecule has 1 aromatic heterocycles. The fourth-order valence-corrected chi connectivity index (χ4v) is 3.53. The van der Waals surface area contributed by atoms with Crippen LogP contribution in [0.4, 0.5) is 11.4 Å². The minimum atomic E-state index is -0.570.